The van der Waals surface area contributed by atoms with Gasteiger partial charge in [0, 0.05) is 18.2 Å². The lowest BCUT2D eigenvalue weighted by Crippen LogP contribution is -2.31. The summed E-state index contributed by atoms with van der Waals surface area (Å²) >= 11 is 0. The number of ether oxygens (including phenoxy) is 1. The van der Waals surface area contributed by atoms with Crippen LogP contribution in [0.3, 0.4) is 0 Å². The maximum atomic E-state index is 10.9. The van der Waals surface area contributed by atoms with E-state index in [1.807, 2.05) is 18.2 Å². The molecule has 0 aliphatic rings. The Kier molecular flexibility index (Phi) is 4.28. The number of rotatable bonds is 5. The van der Waals surface area contributed by atoms with E-state index in [0.29, 0.717) is 5.75 Å². The summed E-state index contributed by atoms with van der Waals surface area (Å²) in [6.07, 6.45) is 1.10. The van der Waals surface area contributed by atoms with Crippen LogP contribution in [0.1, 0.15) is 11.6 Å². The second kappa shape index (κ2) is 5.29. The Morgan fingerprint density at radius 1 is 1.44 bits per heavy atom. The lowest BCUT2D eigenvalue weighted by Gasteiger charge is -2.15. The Balaban J connectivity index is 2.76. The smallest absolute Gasteiger partial charge is 0.208 e. The molecule has 16 heavy (non-hydrogen) atoms. The van der Waals surface area contributed by atoms with E-state index in [-0.39, 0.29) is 6.54 Å². The highest BCUT2D eigenvalue weighted by molar-refractivity contribution is 7.88. The number of benzene rings is 1. The molecule has 0 radical (unpaired) electrons. The molecule has 0 bridgehead atoms. The molecule has 3 N–H and O–H groups in total. The van der Waals surface area contributed by atoms with Crippen LogP contribution in [0.15, 0.2) is 24.3 Å². The van der Waals surface area contributed by atoms with E-state index in [0.717, 1.165) is 11.8 Å². The zero-order valence-electron chi connectivity index (χ0n) is 9.30. The number of para-hydroxylation sites is 1. The third-order valence-electron chi connectivity index (χ3n) is 2.10. The molecule has 90 valence electrons. The van der Waals surface area contributed by atoms with E-state index in [1.165, 1.54) is 0 Å². The second-order valence-electron chi connectivity index (χ2n) is 3.47. The third-order valence-corrected chi connectivity index (χ3v) is 2.79. The molecule has 0 aliphatic heterocycles. The van der Waals surface area contributed by atoms with Gasteiger partial charge in [0.1, 0.15) is 5.75 Å². The molecule has 0 fully saturated rings. The quantitative estimate of drug-likeness (QED) is 0.777. The van der Waals surface area contributed by atoms with Crippen LogP contribution in [0.2, 0.25) is 0 Å². The molecule has 1 rings (SSSR count). The number of methoxy groups -OCH3 is 1. The minimum atomic E-state index is -3.22. The van der Waals surface area contributed by atoms with Crippen molar-refractivity contribution in [3.63, 3.8) is 0 Å². The van der Waals surface area contributed by atoms with Gasteiger partial charge in [-0.1, -0.05) is 18.2 Å². The van der Waals surface area contributed by atoms with Gasteiger partial charge in [0.2, 0.25) is 10.0 Å². The number of hydrogen-bond donors (Lipinski definition) is 2. The van der Waals surface area contributed by atoms with Crippen molar-refractivity contribution >= 4 is 10.0 Å². The molecule has 1 aromatic rings. The summed E-state index contributed by atoms with van der Waals surface area (Å²) in [5.41, 5.74) is 6.65. The first-order chi connectivity index (χ1) is 7.44. The lowest BCUT2D eigenvalue weighted by atomic mass is 10.1. The first kappa shape index (κ1) is 13.0. The molecule has 1 atom stereocenters. The largest absolute Gasteiger partial charge is 0.496 e. The van der Waals surface area contributed by atoms with E-state index in [9.17, 15) is 8.42 Å². The van der Waals surface area contributed by atoms with E-state index in [1.54, 1.807) is 13.2 Å². The zero-order valence-corrected chi connectivity index (χ0v) is 10.1. The topological polar surface area (TPSA) is 81.4 Å². The highest BCUT2D eigenvalue weighted by Gasteiger charge is 2.12. The molecule has 0 heterocycles. The van der Waals surface area contributed by atoms with Gasteiger partial charge in [-0.15, -0.1) is 0 Å². The molecule has 0 aliphatic carbocycles. The van der Waals surface area contributed by atoms with Gasteiger partial charge in [-0.25, -0.2) is 13.1 Å². The van der Waals surface area contributed by atoms with Crippen molar-refractivity contribution in [2.24, 2.45) is 5.73 Å². The predicted molar refractivity (Wildman–Crippen MR) is 62.8 cm³/mol. The highest BCUT2D eigenvalue weighted by Crippen LogP contribution is 2.22. The van der Waals surface area contributed by atoms with Crippen LogP contribution in [0.4, 0.5) is 0 Å². The number of sulfonamides is 1. The van der Waals surface area contributed by atoms with E-state index >= 15 is 0 Å². The average Bonchev–Trinajstić information content (AvgIpc) is 2.25. The summed E-state index contributed by atoms with van der Waals surface area (Å²) in [5, 5.41) is 0. The molecular weight excluding hydrogens is 228 g/mol. The first-order valence-electron chi connectivity index (χ1n) is 4.77. The van der Waals surface area contributed by atoms with E-state index in [4.69, 9.17) is 10.5 Å². The van der Waals surface area contributed by atoms with Gasteiger partial charge in [-0.05, 0) is 6.07 Å². The molecular formula is C10H16N2O3S. The van der Waals surface area contributed by atoms with E-state index < -0.39 is 16.1 Å². The summed E-state index contributed by atoms with van der Waals surface area (Å²) < 4.78 is 29.4. The van der Waals surface area contributed by atoms with Crippen molar-refractivity contribution in [3.05, 3.63) is 29.8 Å². The summed E-state index contributed by atoms with van der Waals surface area (Å²) in [7, 11) is -1.67. The fourth-order valence-corrected chi connectivity index (χ4v) is 1.81. The maximum absolute atomic E-state index is 10.9. The van der Waals surface area contributed by atoms with Gasteiger partial charge >= 0.3 is 0 Å². The molecule has 1 unspecified atom stereocenters. The van der Waals surface area contributed by atoms with Gasteiger partial charge in [0.25, 0.3) is 0 Å². The lowest BCUT2D eigenvalue weighted by molar-refractivity contribution is 0.405. The van der Waals surface area contributed by atoms with Gasteiger partial charge in [0.15, 0.2) is 0 Å². The standard InChI is InChI=1S/C10H16N2O3S/c1-15-10-6-4-3-5-8(10)9(11)7-12-16(2,13)14/h3-6,9,12H,7,11H2,1-2H3. The molecule has 0 saturated carbocycles. The Labute approximate surface area is 95.7 Å². The van der Waals surface area contributed by atoms with Crippen LogP contribution < -0.4 is 15.2 Å². The zero-order chi connectivity index (χ0) is 12.2. The van der Waals surface area contributed by atoms with Crippen molar-refractivity contribution in [2.75, 3.05) is 19.9 Å². The molecule has 0 aromatic heterocycles. The summed E-state index contributed by atoms with van der Waals surface area (Å²) in [4.78, 5) is 0. The summed E-state index contributed by atoms with van der Waals surface area (Å²) in [6.45, 7) is 0.152. The van der Waals surface area contributed by atoms with Gasteiger partial charge < -0.3 is 10.5 Å². The predicted octanol–water partition coefficient (Wildman–Crippen LogP) is 0.244. The van der Waals surface area contributed by atoms with Crippen molar-refractivity contribution in [1.29, 1.82) is 0 Å². The van der Waals surface area contributed by atoms with Crippen molar-refractivity contribution < 1.29 is 13.2 Å². The molecule has 0 saturated heterocycles. The molecule has 0 amide bonds. The fraction of sp³-hybridized carbons (Fsp3) is 0.400. The van der Waals surface area contributed by atoms with Crippen molar-refractivity contribution in [3.8, 4) is 5.75 Å². The minimum absolute atomic E-state index is 0.152. The average molecular weight is 244 g/mol. The first-order valence-corrected chi connectivity index (χ1v) is 6.66. The number of hydrogen-bond acceptors (Lipinski definition) is 4. The monoisotopic (exact) mass is 244 g/mol. The molecule has 6 heteroatoms. The molecule has 1 aromatic carbocycles. The summed E-state index contributed by atoms with van der Waals surface area (Å²) in [5.74, 6) is 0.658. The van der Waals surface area contributed by atoms with Crippen molar-refractivity contribution in [2.45, 2.75) is 6.04 Å². The third kappa shape index (κ3) is 3.80. The maximum Gasteiger partial charge on any atom is 0.208 e. The van der Waals surface area contributed by atoms with Crippen LogP contribution in [0, 0.1) is 0 Å². The molecule has 0 spiro atoms. The normalized spacial score (nSPS) is 13.4. The second-order valence-corrected chi connectivity index (χ2v) is 5.30. The Morgan fingerprint density at radius 2 is 2.06 bits per heavy atom. The van der Waals surface area contributed by atoms with Crippen LogP contribution in [0.5, 0.6) is 5.75 Å². The Hall–Kier alpha value is -1.11. The van der Waals surface area contributed by atoms with Crippen molar-refractivity contribution in [1.82, 2.24) is 4.72 Å². The van der Waals surface area contributed by atoms with Crippen LogP contribution in [-0.4, -0.2) is 28.3 Å². The van der Waals surface area contributed by atoms with Gasteiger partial charge in [-0.3, -0.25) is 0 Å². The van der Waals surface area contributed by atoms with E-state index in [2.05, 4.69) is 4.72 Å². The number of nitrogens with two attached hydrogens (primary N) is 1. The van der Waals surface area contributed by atoms with Crippen LogP contribution >= 0.6 is 0 Å². The highest BCUT2D eigenvalue weighted by atomic mass is 32.2. The van der Waals surface area contributed by atoms with Crippen LogP contribution in [0.25, 0.3) is 0 Å². The Bertz CT molecular complexity index is 445. The SMILES string of the molecule is COc1ccccc1C(N)CNS(C)(=O)=O. The number of nitrogens with one attached hydrogen (secondary N) is 1. The minimum Gasteiger partial charge on any atom is -0.496 e. The summed E-state index contributed by atoms with van der Waals surface area (Å²) in [6, 6.07) is 6.84. The Morgan fingerprint density at radius 3 is 2.62 bits per heavy atom. The van der Waals surface area contributed by atoms with Gasteiger partial charge in [0.05, 0.1) is 13.4 Å². The fourth-order valence-electron chi connectivity index (χ4n) is 1.32. The van der Waals surface area contributed by atoms with Crippen LogP contribution in [-0.2, 0) is 10.0 Å². The van der Waals surface area contributed by atoms with Gasteiger partial charge in [-0.2, -0.15) is 0 Å². The molecule has 5 nitrogen and oxygen atoms in total.